The summed E-state index contributed by atoms with van der Waals surface area (Å²) < 4.78 is 5.97. The lowest BCUT2D eigenvalue weighted by Crippen LogP contribution is -2.50. The van der Waals surface area contributed by atoms with Crippen LogP contribution in [0, 0.1) is 0 Å². The molecule has 138 valence electrons. The Labute approximate surface area is 159 Å². The molecule has 1 unspecified atom stereocenters. The van der Waals surface area contributed by atoms with Gasteiger partial charge in [-0.1, -0.05) is 11.6 Å². The molecule has 25 heavy (non-hydrogen) atoms. The van der Waals surface area contributed by atoms with Gasteiger partial charge >= 0.3 is 0 Å². The molecule has 4 nitrogen and oxygen atoms in total. The van der Waals surface area contributed by atoms with Crippen molar-refractivity contribution in [2.45, 2.75) is 38.3 Å². The van der Waals surface area contributed by atoms with Gasteiger partial charge in [0.2, 0.25) is 0 Å². The summed E-state index contributed by atoms with van der Waals surface area (Å²) >= 11 is 7.96. The van der Waals surface area contributed by atoms with Crippen molar-refractivity contribution in [2.24, 2.45) is 0 Å². The van der Waals surface area contributed by atoms with Crippen molar-refractivity contribution in [1.82, 2.24) is 9.80 Å². The van der Waals surface area contributed by atoms with Gasteiger partial charge in [0.05, 0.1) is 0 Å². The van der Waals surface area contributed by atoms with Crippen molar-refractivity contribution in [1.29, 1.82) is 0 Å². The average Bonchev–Trinajstić information content (AvgIpc) is 3.01. The maximum atomic E-state index is 13.0. The zero-order chi connectivity index (χ0) is 17.9. The molecule has 0 aliphatic carbocycles. The molecule has 1 amide bonds. The van der Waals surface area contributed by atoms with E-state index in [-0.39, 0.29) is 5.91 Å². The number of ether oxygens (including phenoxy) is 1. The lowest BCUT2D eigenvalue weighted by atomic mass is 10.1. The Morgan fingerprint density at radius 3 is 2.64 bits per heavy atom. The van der Waals surface area contributed by atoms with Gasteiger partial charge in [-0.3, -0.25) is 9.69 Å². The number of halogens is 1. The number of amides is 1. The maximum Gasteiger partial charge on any atom is 0.266 e. The van der Waals surface area contributed by atoms with Gasteiger partial charge < -0.3 is 9.64 Å². The van der Waals surface area contributed by atoms with E-state index in [1.54, 1.807) is 24.3 Å². The molecule has 2 saturated heterocycles. The molecular weight excluding hydrogens is 356 g/mol. The number of thioether (sulfide) groups is 1. The molecule has 2 aliphatic heterocycles. The number of nitrogens with zero attached hydrogens (tertiary/aromatic N) is 2. The van der Waals surface area contributed by atoms with Crippen LogP contribution in [0.1, 0.15) is 26.7 Å². The molecule has 0 spiro atoms. The molecular formula is C19H27ClN2O2S. The first kappa shape index (κ1) is 18.9. The van der Waals surface area contributed by atoms with Gasteiger partial charge in [0.15, 0.2) is 5.60 Å². The quantitative estimate of drug-likeness (QED) is 0.797. The molecule has 6 heteroatoms. The van der Waals surface area contributed by atoms with E-state index in [2.05, 4.69) is 4.90 Å². The van der Waals surface area contributed by atoms with Gasteiger partial charge in [0, 0.05) is 43.0 Å². The fourth-order valence-electron chi connectivity index (χ4n) is 3.54. The molecule has 0 radical (unpaired) electrons. The highest BCUT2D eigenvalue weighted by atomic mass is 35.5. The molecule has 2 aliphatic rings. The fraction of sp³-hybridized carbons (Fsp3) is 0.632. The minimum absolute atomic E-state index is 0.0603. The Hall–Kier alpha value is -0.910. The summed E-state index contributed by atoms with van der Waals surface area (Å²) in [6.07, 6.45) is 2.31. The minimum Gasteiger partial charge on any atom is -0.478 e. The average molecular weight is 383 g/mol. The van der Waals surface area contributed by atoms with Gasteiger partial charge in [-0.05, 0) is 56.7 Å². The van der Waals surface area contributed by atoms with E-state index in [1.165, 1.54) is 17.9 Å². The molecule has 2 fully saturated rings. The Bertz CT molecular complexity index is 588. The summed E-state index contributed by atoms with van der Waals surface area (Å²) in [5.74, 6) is 3.23. The van der Waals surface area contributed by atoms with Crippen LogP contribution >= 0.6 is 23.4 Å². The first-order valence-corrected chi connectivity index (χ1v) is 10.5. The Kier molecular flexibility index (Phi) is 6.18. The number of benzene rings is 1. The van der Waals surface area contributed by atoms with Crippen LogP contribution in [0.3, 0.4) is 0 Å². The van der Waals surface area contributed by atoms with E-state index in [4.69, 9.17) is 16.3 Å². The number of carbonyl (C=O) groups is 1. The summed E-state index contributed by atoms with van der Waals surface area (Å²) in [6, 6.07) is 7.86. The van der Waals surface area contributed by atoms with E-state index in [0.29, 0.717) is 16.8 Å². The molecule has 1 aromatic carbocycles. The van der Waals surface area contributed by atoms with E-state index >= 15 is 0 Å². The highest BCUT2D eigenvalue weighted by Crippen LogP contribution is 2.25. The van der Waals surface area contributed by atoms with Crippen LogP contribution in [0.2, 0.25) is 5.02 Å². The fourth-order valence-corrected chi connectivity index (χ4v) is 4.92. The van der Waals surface area contributed by atoms with Crippen molar-refractivity contribution in [2.75, 3.05) is 37.7 Å². The van der Waals surface area contributed by atoms with Gasteiger partial charge in [0.25, 0.3) is 5.91 Å². The molecule has 0 bridgehead atoms. The van der Waals surface area contributed by atoms with Crippen LogP contribution in [0.25, 0.3) is 0 Å². The highest BCUT2D eigenvalue weighted by Gasteiger charge is 2.35. The SMILES string of the molecule is CC(C)(Oc1ccc(Cl)cc1)C(=O)N1CCCN(C2CCSC2)CC1. The standard InChI is InChI=1S/C19H27ClN2O2S/c1-19(2,24-17-6-4-15(20)5-7-17)18(23)22-10-3-9-21(11-12-22)16-8-13-25-14-16/h4-7,16H,3,8-14H2,1-2H3. The van der Waals surface area contributed by atoms with Crippen LogP contribution in [0.5, 0.6) is 5.75 Å². The Morgan fingerprint density at radius 2 is 1.96 bits per heavy atom. The van der Waals surface area contributed by atoms with Crippen LogP contribution in [-0.2, 0) is 4.79 Å². The third kappa shape index (κ3) is 4.83. The third-order valence-corrected chi connectivity index (χ3v) is 6.34. The van der Waals surface area contributed by atoms with Crippen molar-refractivity contribution in [3.63, 3.8) is 0 Å². The largest absolute Gasteiger partial charge is 0.478 e. The monoisotopic (exact) mass is 382 g/mol. The number of carbonyl (C=O) groups excluding carboxylic acids is 1. The number of hydrogen-bond donors (Lipinski definition) is 0. The van der Waals surface area contributed by atoms with Crippen molar-refractivity contribution >= 4 is 29.3 Å². The van der Waals surface area contributed by atoms with Crippen molar-refractivity contribution in [3.8, 4) is 5.75 Å². The molecule has 3 rings (SSSR count). The topological polar surface area (TPSA) is 32.8 Å². The lowest BCUT2D eigenvalue weighted by molar-refractivity contribution is -0.145. The van der Waals surface area contributed by atoms with Crippen molar-refractivity contribution < 1.29 is 9.53 Å². The third-order valence-electron chi connectivity index (χ3n) is 4.94. The lowest BCUT2D eigenvalue weighted by Gasteiger charge is -2.32. The molecule has 0 aromatic heterocycles. The highest BCUT2D eigenvalue weighted by molar-refractivity contribution is 7.99. The van der Waals surface area contributed by atoms with Gasteiger partial charge in [-0.25, -0.2) is 0 Å². The minimum atomic E-state index is -0.883. The maximum absolute atomic E-state index is 13.0. The zero-order valence-corrected chi connectivity index (χ0v) is 16.6. The van der Waals surface area contributed by atoms with Crippen LogP contribution in [-0.4, -0.2) is 65.0 Å². The molecule has 0 N–H and O–H groups in total. The zero-order valence-electron chi connectivity index (χ0n) is 15.0. The van der Waals surface area contributed by atoms with Gasteiger partial charge in [-0.15, -0.1) is 0 Å². The second-order valence-corrected chi connectivity index (χ2v) is 8.85. The molecule has 2 heterocycles. The smallest absolute Gasteiger partial charge is 0.266 e. The van der Waals surface area contributed by atoms with Crippen LogP contribution in [0.15, 0.2) is 24.3 Å². The molecule has 0 saturated carbocycles. The summed E-state index contributed by atoms with van der Waals surface area (Å²) in [6.45, 7) is 7.35. The van der Waals surface area contributed by atoms with E-state index in [1.807, 2.05) is 30.5 Å². The Balaban J connectivity index is 1.59. The summed E-state index contributed by atoms with van der Waals surface area (Å²) in [5.41, 5.74) is -0.883. The van der Waals surface area contributed by atoms with Crippen LogP contribution in [0.4, 0.5) is 0 Å². The molecule has 1 atom stereocenters. The van der Waals surface area contributed by atoms with E-state index in [9.17, 15) is 4.79 Å². The first-order valence-electron chi connectivity index (χ1n) is 9.01. The second kappa shape index (κ2) is 8.19. The first-order chi connectivity index (χ1) is 12.0. The second-order valence-electron chi connectivity index (χ2n) is 7.27. The van der Waals surface area contributed by atoms with Gasteiger partial charge in [-0.2, -0.15) is 11.8 Å². The predicted molar refractivity (Wildman–Crippen MR) is 105 cm³/mol. The number of rotatable bonds is 4. The Morgan fingerprint density at radius 1 is 1.20 bits per heavy atom. The summed E-state index contributed by atoms with van der Waals surface area (Å²) in [4.78, 5) is 17.6. The van der Waals surface area contributed by atoms with Crippen LogP contribution < -0.4 is 4.74 Å². The summed E-state index contributed by atoms with van der Waals surface area (Å²) in [5, 5.41) is 0.661. The predicted octanol–water partition coefficient (Wildman–Crippen LogP) is 3.54. The van der Waals surface area contributed by atoms with E-state index in [0.717, 1.165) is 32.6 Å². The van der Waals surface area contributed by atoms with Gasteiger partial charge in [0.1, 0.15) is 5.75 Å². The van der Waals surface area contributed by atoms with Crippen molar-refractivity contribution in [3.05, 3.63) is 29.3 Å². The summed E-state index contributed by atoms with van der Waals surface area (Å²) in [7, 11) is 0. The number of hydrogen-bond acceptors (Lipinski definition) is 4. The normalized spacial score (nSPS) is 22.7. The molecule has 1 aromatic rings. The van der Waals surface area contributed by atoms with E-state index < -0.39 is 5.60 Å².